The number of benzene rings is 2. The first-order valence-corrected chi connectivity index (χ1v) is 9.41. The van der Waals surface area contributed by atoms with Gasteiger partial charge in [-0.2, -0.15) is 0 Å². The second-order valence-electron chi connectivity index (χ2n) is 6.99. The van der Waals surface area contributed by atoms with Gasteiger partial charge in [0.15, 0.2) is 0 Å². The molecule has 1 saturated carbocycles. The summed E-state index contributed by atoms with van der Waals surface area (Å²) in [5, 5.41) is 10.2. The Balaban J connectivity index is 1.84. The molecule has 1 aliphatic carbocycles. The fraction of sp³-hybridized carbons (Fsp3) is 0.381. The van der Waals surface area contributed by atoms with E-state index in [1.54, 1.807) is 13.0 Å². The summed E-state index contributed by atoms with van der Waals surface area (Å²) in [7, 11) is 0. The fourth-order valence-electron chi connectivity index (χ4n) is 2.85. The Kier molecular flexibility index (Phi) is 5.74. The molecule has 0 radical (unpaired) electrons. The topological polar surface area (TPSA) is 87.3 Å². The smallest absolute Gasteiger partial charge is 0.254 e. The monoisotopic (exact) mass is 367 g/mol. The third-order valence-electron chi connectivity index (χ3n) is 4.63. The second kappa shape index (κ2) is 8.20. The molecule has 0 spiro atoms. The van der Waals surface area contributed by atoms with Gasteiger partial charge in [-0.05, 0) is 49.1 Å². The van der Waals surface area contributed by atoms with Crippen LogP contribution in [0.5, 0.6) is 0 Å². The average Bonchev–Trinajstić information content (AvgIpc) is 3.50. The van der Waals surface area contributed by atoms with Crippen LogP contribution in [0.4, 0.5) is 5.69 Å². The highest BCUT2D eigenvalue weighted by atomic mass is 16.2. The minimum absolute atomic E-state index is 0.0335. The number of carbonyl (C=O) groups is 3. The summed E-state index contributed by atoms with van der Waals surface area (Å²) in [6.07, 6.45) is 2.60. The van der Waals surface area contributed by atoms with Crippen molar-refractivity contribution in [1.29, 1.82) is 0 Å². The molecule has 0 heterocycles. The maximum atomic E-state index is 12.8. The highest BCUT2D eigenvalue weighted by Crippen LogP contribution is 2.32. The fourth-order valence-corrected chi connectivity index (χ4v) is 2.85. The van der Waals surface area contributed by atoms with Gasteiger partial charge in [0.1, 0.15) is 6.04 Å². The van der Waals surface area contributed by atoms with Gasteiger partial charge in [0.05, 0.1) is 11.3 Å². The van der Waals surface area contributed by atoms with Crippen LogP contribution in [0.15, 0.2) is 36.4 Å². The van der Waals surface area contributed by atoms with Crippen LogP contribution < -0.4 is 16.0 Å². The van der Waals surface area contributed by atoms with E-state index < -0.39 is 6.04 Å². The molecule has 1 aliphatic rings. The van der Waals surface area contributed by atoms with Gasteiger partial charge in [-0.25, -0.2) is 0 Å². The third kappa shape index (κ3) is 4.64. The minimum atomic E-state index is -0.664. The molecule has 142 valence electrons. The Bertz CT molecular complexity index is 874. The molecule has 0 aromatic heterocycles. The van der Waals surface area contributed by atoms with Crippen LogP contribution in [0.2, 0.25) is 0 Å². The number of nitrogens with one attached hydrogen (secondary N) is 3. The highest BCUT2D eigenvalue weighted by molar-refractivity contribution is 6.09. The van der Waals surface area contributed by atoms with Gasteiger partial charge in [0.2, 0.25) is 11.8 Å². The largest absolute Gasteiger partial charge is 0.354 e. The molecule has 6 nitrogen and oxygen atoms in total. The van der Waals surface area contributed by atoms with E-state index in [-0.39, 0.29) is 23.6 Å². The summed E-state index contributed by atoms with van der Waals surface area (Å²) in [4.78, 5) is 37.1. The van der Waals surface area contributed by atoms with Crippen LogP contribution in [0.1, 0.15) is 43.5 Å². The number of hydrogen-bond acceptors (Lipinski definition) is 3. The van der Waals surface area contributed by atoms with Crippen LogP contribution >= 0.6 is 0 Å². The van der Waals surface area contributed by atoms with Gasteiger partial charge < -0.3 is 16.0 Å². The lowest BCUT2D eigenvalue weighted by Gasteiger charge is -2.17. The third-order valence-corrected chi connectivity index (χ3v) is 4.63. The summed E-state index contributed by atoms with van der Waals surface area (Å²) < 4.78 is 0. The molecule has 6 heteroatoms. The van der Waals surface area contributed by atoms with Gasteiger partial charge in [-0.3, -0.25) is 14.4 Å². The molecule has 2 aromatic rings. The molecule has 3 N–H and O–H groups in total. The zero-order valence-electron chi connectivity index (χ0n) is 15.7. The van der Waals surface area contributed by atoms with Crippen molar-refractivity contribution in [3.05, 3.63) is 42.0 Å². The van der Waals surface area contributed by atoms with Gasteiger partial charge in [-0.15, -0.1) is 0 Å². The predicted molar refractivity (Wildman–Crippen MR) is 106 cm³/mol. The van der Waals surface area contributed by atoms with Crippen LogP contribution in [0.3, 0.4) is 0 Å². The summed E-state index contributed by atoms with van der Waals surface area (Å²) in [5.74, 6) is -0.639. The number of anilines is 1. The van der Waals surface area contributed by atoms with Crippen molar-refractivity contribution in [3.8, 4) is 0 Å². The first-order chi connectivity index (χ1) is 13.0. The van der Waals surface area contributed by atoms with E-state index in [9.17, 15) is 14.4 Å². The maximum absolute atomic E-state index is 12.8. The molecular weight excluding hydrogens is 342 g/mol. The van der Waals surface area contributed by atoms with Crippen molar-refractivity contribution in [2.24, 2.45) is 5.92 Å². The van der Waals surface area contributed by atoms with E-state index in [2.05, 4.69) is 16.0 Å². The number of hydrogen-bond donors (Lipinski definition) is 3. The predicted octanol–water partition coefficient (Wildman–Crippen LogP) is 2.83. The molecular formula is C21H25N3O3. The van der Waals surface area contributed by atoms with E-state index in [0.29, 0.717) is 17.8 Å². The number of rotatable bonds is 7. The Morgan fingerprint density at radius 2 is 1.78 bits per heavy atom. The Labute approximate surface area is 158 Å². The average molecular weight is 367 g/mol. The van der Waals surface area contributed by atoms with Gasteiger partial charge in [0.25, 0.3) is 5.91 Å². The molecule has 0 saturated heterocycles. The van der Waals surface area contributed by atoms with Crippen LogP contribution in [-0.4, -0.2) is 30.3 Å². The zero-order valence-corrected chi connectivity index (χ0v) is 15.7. The lowest BCUT2D eigenvalue weighted by Crippen LogP contribution is -2.45. The molecule has 2 aromatic carbocycles. The van der Waals surface area contributed by atoms with Crippen LogP contribution in [-0.2, 0) is 9.59 Å². The first kappa shape index (κ1) is 18.9. The van der Waals surface area contributed by atoms with Gasteiger partial charge in [0, 0.05) is 12.5 Å². The molecule has 0 aliphatic heterocycles. The van der Waals surface area contributed by atoms with Crippen LogP contribution in [0, 0.1) is 5.92 Å². The molecule has 3 amide bonds. The van der Waals surface area contributed by atoms with E-state index in [0.717, 1.165) is 30.0 Å². The van der Waals surface area contributed by atoms with E-state index in [4.69, 9.17) is 0 Å². The number of carbonyl (C=O) groups excluding carboxylic acids is 3. The van der Waals surface area contributed by atoms with Crippen molar-refractivity contribution in [1.82, 2.24) is 10.6 Å². The van der Waals surface area contributed by atoms with E-state index in [1.165, 1.54) is 0 Å². The molecule has 3 rings (SSSR count). The Morgan fingerprint density at radius 3 is 2.41 bits per heavy atom. The Morgan fingerprint density at radius 1 is 1.11 bits per heavy atom. The van der Waals surface area contributed by atoms with Gasteiger partial charge >= 0.3 is 0 Å². The molecule has 1 atom stereocenters. The SMILES string of the molecule is CCCNC(=O)[C@H](C)NC(=O)c1cc2ccccc2cc1NC(=O)C1CC1. The van der Waals surface area contributed by atoms with Crippen molar-refractivity contribution in [3.63, 3.8) is 0 Å². The normalized spacial score (nSPS) is 14.4. The maximum Gasteiger partial charge on any atom is 0.254 e. The van der Waals surface area contributed by atoms with Crippen molar-refractivity contribution in [2.45, 2.75) is 39.2 Å². The van der Waals surface area contributed by atoms with E-state index in [1.807, 2.05) is 37.3 Å². The molecule has 0 unspecified atom stereocenters. The van der Waals surface area contributed by atoms with Crippen molar-refractivity contribution < 1.29 is 14.4 Å². The molecule has 1 fully saturated rings. The highest BCUT2D eigenvalue weighted by Gasteiger charge is 2.30. The standard InChI is InChI=1S/C21H25N3O3/c1-3-10-22-19(25)13(2)23-21(27)17-11-15-6-4-5-7-16(15)12-18(17)24-20(26)14-8-9-14/h4-7,11-14H,3,8-10H2,1-2H3,(H,22,25)(H,23,27)(H,24,26)/t13-/m0/s1. The Hall–Kier alpha value is -2.89. The van der Waals surface area contributed by atoms with Gasteiger partial charge in [-0.1, -0.05) is 31.2 Å². The summed E-state index contributed by atoms with van der Waals surface area (Å²) in [6, 6.07) is 10.6. The van der Waals surface area contributed by atoms with Crippen LogP contribution in [0.25, 0.3) is 10.8 Å². The summed E-state index contributed by atoms with van der Waals surface area (Å²) in [6.45, 7) is 4.18. The number of amides is 3. The second-order valence-corrected chi connectivity index (χ2v) is 6.99. The quantitative estimate of drug-likeness (QED) is 0.703. The lowest BCUT2D eigenvalue weighted by molar-refractivity contribution is -0.122. The van der Waals surface area contributed by atoms with Crippen molar-refractivity contribution in [2.75, 3.05) is 11.9 Å². The number of fused-ring (bicyclic) bond motifs is 1. The summed E-state index contributed by atoms with van der Waals surface area (Å²) >= 11 is 0. The van der Waals surface area contributed by atoms with Crippen molar-refractivity contribution >= 4 is 34.2 Å². The summed E-state index contributed by atoms with van der Waals surface area (Å²) in [5.41, 5.74) is 0.835. The van der Waals surface area contributed by atoms with E-state index >= 15 is 0 Å². The lowest BCUT2D eigenvalue weighted by atomic mass is 10.0. The molecule has 27 heavy (non-hydrogen) atoms. The first-order valence-electron chi connectivity index (χ1n) is 9.41. The zero-order chi connectivity index (χ0) is 19.4. The molecule has 0 bridgehead atoms. The minimum Gasteiger partial charge on any atom is -0.354 e.